The van der Waals surface area contributed by atoms with Crippen LogP contribution in [-0.2, 0) is 24.2 Å². The average Bonchev–Trinajstić information content (AvgIpc) is 3.23. The van der Waals surface area contributed by atoms with Gasteiger partial charge in [0.05, 0.1) is 6.42 Å². The van der Waals surface area contributed by atoms with Gasteiger partial charge in [-0.05, 0) is 17.7 Å². The number of amides is 2. The molecule has 0 saturated carbocycles. The molecule has 0 radical (unpaired) electrons. The number of nitrogens with zero attached hydrogens (tertiary/aromatic N) is 3. The molecule has 4 rings (SSSR count). The average molecular weight is 356 g/mol. The normalized spacial score (nSPS) is 15.3. The molecule has 2 aromatic rings. The fourth-order valence-corrected chi connectivity index (χ4v) is 3.25. The zero-order valence-corrected chi connectivity index (χ0v) is 14.5. The molecular weight excluding hydrogens is 336 g/mol. The van der Waals surface area contributed by atoms with Crippen LogP contribution in [0.2, 0.25) is 0 Å². The molecule has 3 heterocycles. The van der Waals surface area contributed by atoms with Crippen LogP contribution in [0.15, 0.2) is 24.4 Å². The van der Waals surface area contributed by atoms with Crippen LogP contribution in [0, 0.1) is 0 Å². The van der Waals surface area contributed by atoms with E-state index in [1.165, 1.54) is 0 Å². The summed E-state index contributed by atoms with van der Waals surface area (Å²) < 4.78 is 12.6. The Morgan fingerprint density at radius 2 is 2.04 bits per heavy atom. The minimum atomic E-state index is -0.193. The van der Waals surface area contributed by atoms with Crippen molar-refractivity contribution in [1.82, 2.24) is 19.8 Å². The maximum absolute atomic E-state index is 12.7. The summed E-state index contributed by atoms with van der Waals surface area (Å²) in [5, 5.41) is 2.58. The lowest BCUT2D eigenvalue weighted by molar-refractivity contribution is -0.130. The lowest BCUT2D eigenvalue weighted by atomic mass is 10.1. The second-order valence-electron chi connectivity index (χ2n) is 6.31. The van der Waals surface area contributed by atoms with Crippen LogP contribution in [0.25, 0.3) is 0 Å². The van der Waals surface area contributed by atoms with Crippen molar-refractivity contribution in [2.75, 3.05) is 26.9 Å². The number of ether oxygens (including phenoxy) is 2. The summed E-state index contributed by atoms with van der Waals surface area (Å²) in [5.41, 5.74) is 1.32. The summed E-state index contributed by atoms with van der Waals surface area (Å²) in [6.45, 7) is 2.04. The van der Waals surface area contributed by atoms with Gasteiger partial charge in [0.25, 0.3) is 5.91 Å². The fourth-order valence-electron chi connectivity index (χ4n) is 3.25. The Labute approximate surface area is 150 Å². The Kier molecular flexibility index (Phi) is 4.24. The van der Waals surface area contributed by atoms with E-state index < -0.39 is 0 Å². The van der Waals surface area contributed by atoms with E-state index in [0.717, 1.165) is 11.4 Å². The molecule has 0 bridgehead atoms. The van der Waals surface area contributed by atoms with Crippen molar-refractivity contribution < 1.29 is 19.1 Å². The third kappa shape index (κ3) is 3.10. The Morgan fingerprint density at radius 3 is 2.88 bits per heavy atom. The highest BCUT2D eigenvalue weighted by Crippen LogP contribution is 2.32. The number of nitrogens with one attached hydrogen (secondary N) is 1. The Balaban J connectivity index is 1.40. The predicted molar refractivity (Wildman–Crippen MR) is 92.2 cm³/mol. The summed E-state index contributed by atoms with van der Waals surface area (Å²) in [5.74, 6) is 2.12. The second kappa shape index (κ2) is 6.70. The Bertz CT molecular complexity index is 835. The molecule has 8 heteroatoms. The molecule has 0 atom stereocenters. The van der Waals surface area contributed by atoms with Gasteiger partial charge in [0, 0.05) is 39.3 Å². The van der Waals surface area contributed by atoms with E-state index in [1.54, 1.807) is 13.2 Å². The van der Waals surface area contributed by atoms with Gasteiger partial charge in [0.15, 0.2) is 11.5 Å². The largest absolute Gasteiger partial charge is 0.454 e. The van der Waals surface area contributed by atoms with Gasteiger partial charge in [-0.25, -0.2) is 4.98 Å². The smallest absolute Gasteiger partial charge is 0.271 e. The van der Waals surface area contributed by atoms with Crippen LogP contribution in [0.3, 0.4) is 0 Å². The number of imidazole rings is 1. The molecule has 0 aliphatic carbocycles. The number of hydrogen-bond donors (Lipinski definition) is 1. The molecular formula is C18H20N4O4. The first-order chi connectivity index (χ1) is 12.6. The van der Waals surface area contributed by atoms with Crippen LogP contribution in [-0.4, -0.2) is 53.2 Å². The van der Waals surface area contributed by atoms with Gasteiger partial charge >= 0.3 is 0 Å². The van der Waals surface area contributed by atoms with Crippen molar-refractivity contribution in [3.05, 3.63) is 41.5 Å². The van der Waals surface area contributed by atoms with E-state index >= 15 is 0 Å². The lowest BCUT2D eigenvalue weighted by Gasteiger charge is -2.20. The van der Waals surface area contributed by atoms with Gasteiger partial charge in [-0.2, -0.15) is 0 Å². The van der Waals surface area contributed by atoms with Crippen molar-refractivity contribution in [1.29, 1.82) is 0 Å². The molecule has 26 heavy (non-hydrogen) atoms. The molecule has 2 aliphatic rings. The molecule has 2 amide bonds. The van der Waals surface area contributed by atoms with E-state index in [9.17, 15) is 9.59 Å². The fraction of sp³-hybridized carbons (Fsp3) is 0.389. The van der Waals surface area contributed by atoms with Crippen molar-refractivity contribution >= 4 is 11.8 Å². The Morgan fingerprint density at radius 1 is 1.19 bits per heavy atom. The molecule has 0 spiro atoms. The second-order valence-corrected chi connectivity index (χ2v) is 6.31. The number of aromatic nitrogens is 2. The van der Waals surface area contributed by atoms with Gasteiger partial charge < -0.3 is 24.3 Å². The molecule has 1 aromatic carbocycles. The highest BCUT2D eigenvalue weighted by Gasteiger charge is 2.22. The summed E-state index contributed by atoms with van der Waals surface area (Å²) >= 11 is 0. The van der Waals surface area contributed by atoms with E-state index in [4.69, 9.17) is 9.47 Å². The van der Waals surface area contributed by atoms with Crippen LogP contribution in [0.4, 0.5) is 0 Å². The molecule has 8 nitrogen and oxygen atoms in total. The first-order valence-electron chi connectivity index (χ1n) is 8.58. The van der Waals surface area contributed by atoms with Crippen LogP contribution >= 0.6 is 0 Å². The summed E-state index contributed by atoms with van der Waals surface area (Å²) in [4.78, 5) is 30.6. The first kappa shape index (κ1) is 16.4. The van der Waals surface area contributed by atoms with Crippen LogP contribution in [0.1, 0.15) is 21.9 Å². The van der Waals surface area contributed by atoms with Crippen molar-refractivity contribution in [3.8, 4) is 11.5 Å². The van der Waals surface area contributed by atoms with Gasteiger partial charge in [0.2, 0.25) is 12.7 Å². The zero-order chi connectivity index (χ0) is 18.1. The SMILES string of the molecule is CNC(=O)c1cn2c(n1)CCN(C(=O)Cc1ccc3c(c1)OCO3)CC2. The quantitative estimate of drug-likeness (QED) is 0.870. The van der Waals surface area contributed by atoms with Gasteiger partial charge in [-0.3, -0.25) is 9.59 Å². The zero-order valence-electron chi connectivity index (χ0n) is 14.5. The summed E-state index contributed by atoms with van der Waals surface area (Å²) in [6, 6.07) is 5.59. The number of benzene rings is 1. The maximum atomic E-state index is 12.7. The van der Waals surface area contributed by atoms with E-state index in [-0.39, 0.29) is 18.6 Å². The number of carbonyl (C=O) groups is 2. The molecule has 0 fully saturated rings. The summed E-state index contributed by atoms with van der Waals surface area (Å²) in [7, 11) is 1.59. The molecule has 0 unspecified atom stereocenters. The highest BCUT2D eigenvalue weighted by molar-refractivity contribution is 5.91. The van der Waals surface area contributed by atoms with Crippen LogP contribution in [0.5, 0.6) is 11.5 Å². The molecule has 1 N–H and O–H groups in total. The van der Waals surface area contributed by atoms with Gasteiger partial charge in [0.1, 0.15) is 11.5 Å². The molecule has 2 aliphatic heterocycles. The number of hydrogen-bond acceptors (Lipinski definition) is 5. The van der Waals surface area contributed by atoms with Crippen molar-refractivity contribution in [3.63, 3.8) is 0 Å². The van der Waals surface area contributed by atoms with Crippen molar-refractivity contribution in [2.45, 2.75) is 19.4 Å². The first-order valence-corrected chi connectivity index (χ1v) is 8.58. The molecule has 1 aromatic heterocycles. The minimum Gasteiger partial charge on any atom is -0.454 e. The number of fused-ring (bicyclic) bond motifs is 2. The summed E-state index contributed by atoms with van der Waals surface area (Å²) in [6.07, 6.45) is 2.70. The third-order valence-corrected chi connectivity index (χ3v) is 4.68. The topological polar surface area (TPSA) is 85.7 Å². The van der Waals surface area contributed by atoms with Gasteiger partial charge in [-0.1, -0.05) is 6.07 Å². The number of carbonyl (C=O) groups excluding carboxylic acids is 2. The molecule has 136 valence electrons. The minimum absolute atomic E-state index is 0.0705. The standard InChI is InChI=1S/C18H20N4O4/c1-19-18(24)13-10-22-7-6-21(5-4-16(22)20-13)17(23)9-12-2-3-14-15(8-12)26-11-25-14/h2-3,8,10H,4-7,9,11H2,1H3,(H,19,24). The monoisotopic (exact) mass is 356 g/mol. The highest BCUT2D eigenvalue weighted by atomic mass is 16.7. The Hall–Kier alpha value is -3.03. The van der Waals surface area contributed by atoms with E-state index in [2.05, 4.69) is 10.3 Å². The lowest BCUT2D eigenvalue weighted by Crippen LogP contribution is -2.34. The predicted octanol–water partition coefficient (Wildman–Crippen LogP) is 0.599. The van der Waals surface area contributed by atoms with E-state index in [0.29, 0.717) is 49.7 Å². The third-order valence-electron chi connectivity index (χ3n) is 4.68. The number of rotatable bonds is 3. The van der Waals surface area contributed by atoms with Crippen LogP contribution < -0.4 is 14.8 Å². The molecule has 0 saturated heterocycles. The van der Waals surface area contributed by atoms with E-state index in [1.807, 2.05) is 27.7 Å². The van der Waals surface area contributed by atoms with Crippen molar-refractivity contribution in [2.24, 2.45) is 0 Å². The van der Waals surface area contributed by atoms with Gasteiger partial charge in [-0.15, -0.1) is 0 Å². The maximum Gasteiger partial charge on any atom is 0.271 e.